The Morgan fingerprint density at radius 3 is 2.60 bits per heavy atom. The Kier molecular flexibility index (Phi) is 4.07. The largest absolute Gasteiger partial charge is 0.294 e. The molecule has 0 saturated carbocycles. The quantitative estimate of drug-likeness (QED) is 0.682. The predicted octanol–water partition coefficient (Wildman–Crippen LogP) is 3.65. The lowest BCUT2D eigenvalue weighted by Gasteiger charge is -2.00. The maximum absolute atomic E-state index is 11.7. The molecule has 1 aromatic carbocycles. The van der Waals surface area contributed by atoms with Gasteiger partial charge in [0.05, 0.1) is 0 Å². The van der Waals surface area contributed by atoms with E-state index in [1.54, 1.807) is 0 Å². The average molecular weight is 204 g/mol. The molecule has 0 N–H and O–H groups in total. The number of carbonyl (C=O) groups excluding carboxylic acids is 1. The van der Waals surface area contributed by atoms with Gasteiger partial charge in [-0.05, 0) is 30.0 Å². The van der Waals surface area contributed by atoms with E-state index in [2.05, 4.69) is 25.1 Å². The van der Waals surface area contributed by atoms with Gasteiger partial charge < -0.3 is 0 Å². The molecule has 0 amide bonds. The number of fused-ring (bicyclic) bond motifs is 1. The Morgan fingerprint density at radius 1 is 1.33 bits per heavy atom. The molecule has 0 radical (unpaired) electrons. The van der Waals surface area contributed by atoms with Gasteiger partial charge in [0.25, 0.3) is 0 Å². The molecule has 0 aromatic heterocycles. The number of hydrogen-bond donors (Lipinski definition) is 0. The van der Waals surface area contributed by atoms with E-state index in [1.165, 1.54) is 11.1 Å². The van der Waals surface area contributed by atoms with Crippen molar-refractivity contribution in [3.8, 4) is 0 Å². The molecule has 1 aliphatic rings. The third-order valence-corrected chi connectivity index (χ3v) is 2.82. The average Bonchev–Trinajstić information content (AvgIpc) is 2.57. The summed E-state index contributed by atoms with van der Waals surface area (Å²) >= 11 is 0. The molecule has 82 valence electrons. The van der Waals surface area contributed by atoms with Crippen molar-refractivity contribution in [3.05, 3.63) is 34.9 Å². The number of benzene rings is 1. The van der Waals surface area contributed by atoms with Gasteiger partial charge in [0.1, 0.15) is 0 Å². The first-order valence-corrected chi connectivity index (χ1v) is 5.88. The van der Waals surface area contributed by atoms with Crippen LogP contribution in [0.1, 0.15) is 49.2 Å². The summed E-state index contributed by atoms with van der Waals surface area (Å²) in [6, 6.07) is 6.29. The van der Waals surface area contributed by atoms with E-state index in [9.17, 15) is 4.79 Å². The van der Waals surface area contributed by atoms with Gasteiger partial charge in [-0.3, -0.25) is 4.79 Å². The summed E-state index contributed by atoms with van der Waals surface area (Å²) in [6.07, 6.45) is 1.94. The maximum atomic E-state index is 11.7. The highest BCUT2D eigenvalue weighted by molar-refractivity contribution is 6.02. The number of Topliss-reactive ketones (excluding diaryl/α,β-unsaturated/α-hetero) is 1. The number of hydrogen-bond acceptors (Lipinski definition) is 1. The highest BCUT2D eigenvalue weighted by atomic mass is 16.1. The number of ketones is 1. The smallest absolute Gasteiger partial charge is 0.166 e. The molecule has 0 heterocycles. The van der Waals surface area contributed by atoms with E-state index in [1.807, 2.05) is 20.8 Å². The van der Waals surface area contributed by atoms with Crippen LogP contribution >= 0.6 is 0 Å². The Morgan fingerprint density at radius 2 is 2.00 bits per heavy atom. The molecule has 1 aromatic rings. The Bertz CT molecular complexity index is 352. The van der Waals surface area contributed by atoms with Crippen molar-refractivity contribution >= 4 is 5.78 Å². The summed E-state index contributed by atoms with van der Waals surface area (Å²) in [5, 5.41) is 0. The molecule has 1 aliphatic carbocycles. The van der Waals surface area contributed by atoms with Gasteiger partial charge in [0, 0.05) is 11.5 Å². The van der Waals surface area contributed by atoms with Crippen molar-refractivity contribution in [1.82, 2.24) is 0 Å². The van der Waals surface area contributed by atoms with Crippen LogP contribution in [-0.4, -0.2) is 5.78 Å². The lowest BCUT2D eigenvalue weighted by molar-refractivity contribution is 0.0946. The number of carbonyl (C=O) groups is 1. The minimum Gasteiger partial charge on any atom is -0.294 e. The Balaban J connectivity index is 0.000000531. The summed E-state index contributed by atoms with van der Waals surface area (Å²) in [6.45, 7) is 8.12. The van der Waals surface area contributed by atoms with Gasteiger partial charge in [-0.25, -0.2) is 0 Å². The molecule has 1 heteroatoms. The number of aryl methyl sites for hydroxylation is 1. The minimum absolute atomic E-state index is 0.196. The molecule has 0 aliphatic heterocycles. The summed E-state index contributed by atoms with van der Waals surface area (Å²) in [7, 11) is 0. The topological polar surface area (TPSA) is 17.1 Å². The lowest BCUT2D eigenvalue weighted by Crippen LogP contribution is -2.03. The van der Waals surface area contributed by atoms with Gasteiger partial charge in [-0.2, -0.15) is 0 Å². The van der Waals surface area contributed by atoms with Gasteiger partial charge in [-0.15, -0.1) is 0 Å². The predicted molar refractivity (Wildman–Crippen MR) is 64.4 cm³/mol. The molecular weight excluding hydrogens is 184 g/mol. The highest BCUT2D eigenvalue weighted by Gasteiger charge is 2.26. The molecule has 0 spiro atoms. The molecule has 2 rings (SSSR count). The fraction of sp³-hybridized carbons (Fsp3) is 0.500. The molecule has 1 atom stereocenters. The van der Waals surface area contributed by atoms with Crippen LogP contribution in [0.3, 0.4) is 0 Å². The van der Waals surface area contributed by atoms with Crippen molar-refractivity contribution in [3.63, 3.8) is 0 Å². The third-order valence-electron chi connectivity index (χ3n) is 2.82. The van der Waals surface area contributed by atoms with Gasteiger partial charge in [0.2, 0.25) is 0 Å². The van der Waals surface area contributed by atoms with E-state index in [0.29, 0.717) is 5.78 Å². The van der Waals surface area contributed by atoms with Crippen LogP contribution in [-0.2, 0) is 12.8 Å². The first-order chi connectivity index (χ1) is 7.22. The fourth-order valence-corrected chi connectivity index (χ4v) is 1.94. The van der Waals surface area contributed by atoms with Crippen LogP contribution in [0.5, 0.6) is 0 Å². The van der Waals surface area contributed by atoms with E-state index < -0.39 is 0 Å². The molecule has 1 unspecified atom stereocenters. The molecule has 1 nitrogen and oxygen atoms in total. The van der Waals surface area contributed by atoms with E-state index in [0.717, 1.165) is 18.4 Å². The maximum Gasteiger partial charge on any atom is 0.166 e. The van der Waals surface area contributed by atoms with E-state index >= 15 is 0 Å². The second kappa shape index (κ2) is 5.11. The van der Waals surface area contributed by atoms with Crippen LogP contribution in [0, 0.1) is 5.92 Å². The van der Waals surface area contributed by atoms with E-state index in [4.69, 9.17) is 0 Å². The van der Waals surface area contributed by atoms with Crippen molar-refractivity contribution in [2.75, 3.05) is 0 Å². The van der Waals surface area contributed by atoms with E-state index in [-0.39, 0.29) is 5.92 Å². The molecule has 15 heavy (non-hydrogen) atoms. The van der Waals surface area contributed by atoms with Crippen LogP contribution < -0.4 is 0 Å². The van der Waals surface area contributed by atoms with Crippen molar-refractivity contribution < 1.29 is 4.79 Å². The molecule has 0 fully saturated rings. The Labute approximate surface area is 92.5 Å². The van der Waals surface area contributed by atoms with Crippen LogP contribution in [0.4, 0.5) is 0 Å². The van der Waals surface area contributed by atoms with Crippen LogP contribution in [0.2, 0.25) is 0 Å². The standard InChI is InChI=1S/C12H14O.C2H6/c1-3-9-4-5-10-6-8(2)12(13)11(10)7-9;1-2/h4-5,7-8H,3,6H2,1-2H3;1-2H3. The minimum atomic E-state index is 0.196. The zero-order chi connectivity index (χ0) is 11.4. The van der Waals surface area contributed by atoms with Crippen LogP contribution in [0.15, 0.2) is 18.2 Å². The zero-order valence-electron chi connectivity index (χ0n) is 10.1. The van der Waals surface area contributed by atoms with Gasteiger partial charge in [0.15, 0.2) is 5.78 Å². The SMILES string of the molecule is CC.CCc1ccc2c(c1)C(=O)C(C)C2. The normalized spacial score (nSPS) is 18.1. The fourth-order valence-electron chi connectivity index (χ4n) is 1.94. The first kappa shape index (κ1) is 12.0. The summed E-state index contributed by atoms with van der Waals surface area (Å²) in [5.74, 6) is 0.521. The molecule has 0 saturated heterocycles. The van der Waals surface area contributed by atoms with Crippen LogP contribution in [0.25, 0.3) is 0 Å². The van der Waals surface area contributed by atoms with Crippen molar-refractivity contribution in [2.45, 2.75) is 40.5 Å². The third kappa shape index (κ3) is 2.28. The first-order valence-electron chi connectivity index (χ1n) is 5.88. The summed E-state index contributed by atoms with van der Waals surface area (Å²) < 4.78 is 0. The second-order valence-corrected chi connectivity index (χ2v) is 3.81. The molecule has 0 bridgehead atoms. The number of rotatable bonds is 1. The highest BCUT2D eigenvalue weighted by Crippen LogP contribution is 2.27. The summed E-state index contributed by atoms with van der Waals surface area (Å²) in [4.78, 5) is 11.7. The lowest BCUT2D eigenvalue weighted by atomic mass is 10.0. The van der Waals surface area contributed by atoms with Crippen molar-refractivity contribution in [2.24, 2.45) is 5.92 Å². The van der Waals surface area contributed by atoms with Crippen molar-refractivity contribution in [1.29, 1.82) is 0 Å². The van der Waals surface area contributed by atoms with Gasteiger partial charge >= 0.3 is 0 Å². The zero-order valence-corrected chi connectivity index (χ0v) is 10.1. The monoisotopic (exact) mass is 204 g/mol. The van der Waals surface area contributed by atoms with Gasteiger partial charge in [-0.1, -0.05) is 39.8 Å². The summed E-state index contributed by atoms with van der Waals surface area (Å²) in [5.41, 5.74) is 3.46. The molecular formula is C14H20O. The second-order valence-electron chi connectivity index (χ2n) is 3.81. The Hall–Kier alpha value is -1.11.